The quantitative estimate of drug-likeness (QED) is 0.496. The number of carbonyl (C=O) groups excluding carboxylic acids is 2. The Balaban J connectivity index is 1.53. The van der Waals surface area contributed by atoms with E-state index in [0.717, 1.165) is 17.3 Å². The number of aromatic nitrogens is 3. The number of hydrogen-bond acceptors (Lipinski definition) is 8. The maximum absolute atomic E-state index is 13.1. The highest BCUT2D eigenvalue weighted by molar-refractivity contribution is 7.14. The molecule has 0 radical (unpaired) electrons. The van der Waals surface area contributed by atoms with Gasteiger partial charge >= 0.3 is 12.3 Å². The van der Waals surface area contributed by atoms with E-state index in [-0.39, 0.29) is 12.2 Å². The Kier molecular flexibility index (Phi) is 7.11. The third-order valence-corrected chi connectivity index (χ3v) is 6.26. The molecule has 9 nitrogen and oxygen atoms in total. The van der Waals surface area contributed by atoms with Crippen molar-refractivity contribution < 1.29 is 32.2 Å². The van der Waals surface area contributed by atoms with Gasteiger partial charge in [-0.3, -0.25) is 4.79 Å². The molecule has 1 saturated heterocycles. The van der Waals surface area contributed by atoms with E-state index in [1.807, 2.05) is 6.92 Å². The lowest BCUT2D eigenvalue weighted by molar-refractivity contribution is -0.145. The van der Waals surface area contributed by atoms with Crippen molar-refractivity contribution in [3.05, 3.63) is 58.6 Å². The molecular weight excluding hydrogens is 499 g/mol. The first-order valence-corrected chi connectivity index (χ1v) is 11.6. The summed E-state index contributed by atoms with van der Waals surface area (Å²) in [6, 6.07) is 4.27. The average molecular weight is 522 g/mol. The Hall–Kier alpha value is -3.74. The van der Waals surface area contributed by atoms with Crippen molar-refractivity contribution in [2.75, 3.05) is 20.2 Å². The smallest absolute Gasteiger partial charge is 0.451 e. The number of benzene rings is 1. The zero-order valence-electron chi connectivity index (χ0n) is 19.5. The maximum atomic E-state index is 13.1. The molecule has 0 spiro atoms. The van der Waals surface area contributed by atoms with Crippen LogP contribution in [0.1, 0.15) is 39.6 Å². The predicted molar refractivity (Wildman–Crippen MR) is 124 cm³/mol. The van der Waals surface area contributed by atoms with Gasteiger partial charge in [-0.15, -0.1) is 11.3 Å². The summed E-state index contributed by atoms with van der Waals surface area (Å²) in [5.74, 6) is -1.35. The normalized spacial score (nSPS) is 16.6. The van der Waals surface area contributed by atoms with Crippen molar-refractivity contribution in [2.45, 2.75) is 32.2 Å². The largest absolute Gasteiger partial charge is 0.490 e. The van der Waals surface area contributed by atoms with Gasteiger partial charge in [0.05, 0.1) is 12.6 Å². The van der Waals surface area contributed by atoms with E-state index >= 15 is 0 Å². The van der Waals surface area contributed by atoms with Gasteiger partial charge < -0.3 is 19.7 Å². The Morgan fingerprint density at radius 1 is 1.25 bits per heavy atom. The number of aryl methyl sites for hydroxylation is 1. The summed E-state index contributed by atoms with van der Waals surface area (Å²) in [6.45, 7) is 4.00. The predicted octanol–water partition coefficient (Wildman–Crippen LogP) is 4.25. The zero-order chi connectivity index (χ0) is 26.0. The Morgan fingerprint density at radius 3 is 2.56 bits per heavy atom. The van der Waals surface area contributed by atoms with Crippen LogP contribution in [-0.4, -0.2) is 58.2 Å². The number of rotatable bonds is 7. The fourth-order valence-corrected chi connectivity index (χ4v) is 4.17. The van der Waals surface area contributed by atoms with Gasteiger partial charge in [0, 0.05) is 47.2 Å². The summed E-state index contributed by atoms with van der Waals surface area (Å²) < 4.78 is 49.3. The molecule has 190 valence electrons. The molecule has 1 aliphatic heterocycles. The molecule has 3 heterocycles. The summed E-state index contributed by atoms with van der Waals surface area (Å²) in [4.78, 5) is 38.1. The number of amides is 2. The summed E-state index contributed by atoms with van der Waals surface area (Å²) >= 11 is 1.45. The van der Waals surface area contributed by atoms with Crippen LogP contribution in [0.2, 0.25) is 0 Å². The van der Waals surface area contributed by atoms with E-state index in [1.54, 1.807) is 32.3 Å². The SMILES string of the molecule is Cc1cnc(-c2cc(OC[C@H]3CN(C)C(=O)O3)cc(C(=O)N[C@H](C)c3cnc(C(F)(F)F)nc3)c2)s1. The first kappa shape index (κ1) is 25.4. The van der Waals surface area contributed by atoms with E-state index in [9.17, 15) is 22.8 Å². The zero-order valence-corrected chi connectivity index (χ0v) is 20.3. The minimum atomic E-state index is -4.65. The number of nitrogens with one attached hydrogen (secondary N) is 1. The van der Waals surface area contributed by atoms with Crippen LogP contribution in [-0.2, 0) is 10.9 Å². The first-order chi connectivity index (χ1) is 17.0. The number of cyclic esters (lactones) is 1. The molecule has 0 aliphatic carbocycles. The number of ether oxygens (including phenoxy) is 2. The van der Waals surface area contributed by atoms with E-state index < -0.39 is 36.1 Å². The van der Waals surface area contributed by atoms with E-state index in [0.29, 0.717) is 28.4 Å². The minimum Gasteiger partial charge on any atom is -0.490 e. The molecule has 2 aromatic heterocycles. The molecule has 0 bridgehead atoms. The maximum Gasteiger partial charge on any atom is 0.451 e. The van der Waals surface area contributed by atoms with Crippen LogP contribution in [0.4, 0.5) is 18.0 Å². The van der Waals surface area contributed by atoms with Gasteiger partial charge in [-0.2, -0.15) is 13.2 Å². The van der Waals surface area contributed by atoms with Crippen LogP contribution in [0.15, 0.2) is 36.8 Å². The highest BCUT2D eigenvalue weighted by atomic mass is 32.1. The number of halogens is 3. The summed E-state index contributed by atoms with van der Waals surface area (Å²) in [5.41, 5.74) is 1.23. The second kappa shape index (κ2) is 10.1. The van der Waals surface area contributed by atoms with Crippen LogP contribution >= 0.6 is 11.3 Å². The molecule has 4 rings (SSSR count). The molecule has 0 unspecified atom stereocenters. The topological polar surface area (TPSA) is 107 Å². The molecule has 13 heteroatoms. The van der Waals surface area contributed by atoms with E-state index in [4.69, 9.17) is 9.47 Å². The standard InChI is InChI=1S/C23H22F3N5O4S/c1-12-7-27-20(36-12)15-4-14(5-17(6-15)34-11-18-10-31(3)22(33)35-18)19(32)30-13(2)16-8-28-21(29-9-16)23(24,25)26/h4-9,13,18H,10-11H2,1-3H3,(H,30,32)/t13-,18-/m1/s1. The van der Waals surface area contributed by atoms with Gasteiger partial charge in [0.1, 0.15) is 17.4 Å². The van der Waals surface area contributed by atoms with Crippen molar-refractivity contribution in [3.8, 4) is 16.3 Å². The van der Waals surface area contributed by atoms with Crippen molar-refractivity contribution in [1.29, 1.82) is 0 Å². The third-order valence-electron chi connectivity index (χ3n) is 5.30. The molecule has 36 heavy (non-hydrogen) atoms. The molecule has 1 fully saturated rings. The molecule has 1 N–H and O–H groups in total. The molecule has 1 aromatic carbocycles. The second-order valence-corrected chi connectivity index (χ2v) is 9.49. The Labute approximate surface area is 208 Å². The molecule has 2 atom stereocenters. The van der Waals surface area contributed by atoms with Gasteiger partial charge in [-0.1, -0.05) is 0 Å². The molecule has 2 amide bonds. The summed E-state index contributed by atoms with van der Waals surface area (Å²) in [6.07, 6.45) is -1.76. The number of hydrogen-bond donors (Lipinski definition) is 1. The summed E-state index contributed by atoms with van der Waals surface area (Å²) in [7, 11) is 1.62. The summed E-state index contributed by atoms with van der Waals surface area (Å²) in [5, 5.41) is 3.43. The van der Waals surface area contributed by atoms with Crippen molar-refractivity contribution in [3.63, 3.8) is 0 Å². The molecule has 0 saturated carbocycles. The number of nitrogens with zero attached hydrogens (tertiary/aromatic N) is 4. The lowest BCUT2D eigenvalue weighted by Crippen LogP contribution is -2.27. The highest BCUT2D eigenvalue weighted by Crippen LogP contribution is 2.30. The van der Waals surface area contributed by atoms with Crippen LogP contribution in [0, 0.1) is 6.92 Å². The first-order valence-electron chi connectivity index (χ1n) is 10.8. The van der Waals surface area contributed by atoms with Crippen molar-refractivity contribution in [1.82, 2.24) is 25.2 Å². The van der Waals surface area contributed by atoms with Crippen LogP contribution < -0.4 is 10.1 Å². The van der Waals surface area contributed by atoms with Gasteiger partial charge in [-0.05, 0) is 32.0 Å². The number of alkyl halides is 3. The van der Waals surface area contributed by atoms with Gasteiger partial charge in [0.25, 0.3) is 5.91 Å². The van der Waals surface area contributed by atoms with Crippen LogP contribution in [0.25, 0.3) is 10.6 Å². The van der Waals surface area contributed by atoms with E-state index in [2.05, 4.69) is 20.3 Å². The fourth-order valence-electron chi connectivity index (χ4n) is 3.42. The van der Waals surface area contributed by atoms with Crippen LogP contribution in [0.5, 0.6) is 5.75 Å². The van der Waals surface area contributed by atoms with Crippen molar-refractivity contribution >= 4 is 23.3 Å². The van der Waals surface area contributed by atoms with Crippen molar-refractivity contribution in [2.24, 2.45) is 0 Å². The Morgan fingerprint density at radius 2 is 1.97 bits per heavy atom. The van der Waals surface area contributed by atoms with Crippen LogP contribution in [0.3, 0.4) is 0 Å². The molecule has 3 aromatic rings. The minimum absolute atomic E-state index is 0.0940. The molecule has 1 aliphatic rings. The highest BCUT2D eigenvalue weighted by Gasteiger charge is 2.34. The lowest BCUT2D eigenvalue weighted by Gasteiger charge is -2.16. The number of thiazole rings is 1. The third kappa shape index (κ3) is 5.90. The van der Waals surface area contributed by atoms with Gasteiger partial charge in [0.2, 0.25) is 5.82 Å². The average Bonchev–Trinajstić information content (AvgIpc) is 3.41. The van der Waals surface area contributed by atoms with E-state index in [1.165, 1.54) is 22.3 Å². The Bertz CT molecular complexity index is 1270. The number of likely N-dealkylation sites (N-methyl/N-ethyl adjacent to an activating group) is 1. The molecular formula is C23H22F3N5O4S. The number of carbonyl (C=O) groups is 2. The van der Waals surface area contributed by atoms with Gasteiger partial charge in [0.15, 0.2) is 6.10 Å². The lowest BCUT2D eigenvalue weighted by atomic mass is 10.1. The second-order valence-electron chi connectivity index (χ2n) is 8.25. The fraction of sp³-hybridized carbons (Fsp3) is 0.348. The van der Waals surface area contributed by atoms with Gasteiger partial charge in [-0.25, -0.2) is 19.7 Å². The monoisotopic (exact) mass is 521 g/mol.